The number of carbonyl (C=O) groups is 3. The SMILES string of the molecule is CC(C)Oc1ccc(CCC(=O)[C@H](CCc2ccccc2)NC(=O)[C@@H](N)CC(=O)N(CCN)CCN)cc1. The molecule has 0 aliphatic heterocycles. The van der Waals surface area contributed by atoms with Gasteiger partial charge in [0.25, 0.3) is 0 Å². The molecule has 0 bridgehead atoms. The van der Waals surface area contributed by atoms with Crippen LogP contribution < -0.4 is 27.3 Å². The van der Waals surface area contributed by atoms with Gasteiger partial charge in [0.2, 0.25) is 11.8 Å². The number of hydrogen-bond acceptors (Lipinski definition) is 7. The van der Waals surface area contributed by atoms with Crippen LogP contribution in [0.25, 0.3) is 0 Å². The fourth-order valence-electron chi connectivity index (χ4n) is 4.08. The molecule has 0 radical (unpaired) electrons. The van der Waals surface area contributed by atoms with Crippen LogP contribution in [0.15, 0.2) is 54.6 Å². The maximum Gasteiger partial charge on any atom is 0.238 e. The minimum absolute atomic E-state index is 0.0804. The van der Waals surface area contributed by atoms with Crippen molar-refractivity contribution in [3.05, 3.63) is 65.7 Å². The van der Waals surface area contributed by atoms with Crippen LogP contribution in [0.3, 0.4) is 0 Å². The third-order valence-corrected chi connectivity index (χ3v) is 6.11. The molecule has 0 fully saturated rings. The van der Waals surface area contributed by atoms with Gasteiger partial charge in [0.15, 0.2) is 5.78 Å². The summed E-state index contributed by atoms with van der Waals surface area (Å²) in [5.74, 6) is -0.118. The van der Waals surface area contributed by atoms with E-state index in [1.807, 2.05) is 68.4 Å². The molecule has 2 amide bonds. The van der Waals surface area contributed by atoms with Crippen LogP contribution in [-0.4, -0.2) is 66.9 Å². The molecular formula is C29H43N5O4. The largest absolute Gasteiger partial charge is 0.491 e. The Morgan fingerprint density at radius 1 is 0.895 bits per heavy atom. The average Bonchev–Trinajstić information content (AvgIpc) is 2.90. The summed E-state index contributed by atoms with van der Waals surface area (Å²) in [6.45, 7) is 5.19. The molecule has 0 saturated heterocycles. The predicted octanol–water partition coefficient (Wildman–Crippen LogP) is 1.56. The fourth-order valence-corrected chi connectivity index (χ4v) is 4.08. The van der Waals surface area contributed by atoms with Gasteiger partial charge in [0, 0.05) is 32.6 Å². The summed E-state index contributed by atoms with van der Waals surface area (Å²) < 4.78 is 5.68. The van der Waals surface area contributed by atoms with E-state index in [1.54, 1.807) is 0 Å². The number of benzene rings is 2. The number of rotatable bonds is 17. The van der Waals surface area contributed by atoms with Gasteiger partial charge in [-0.2, -0.15) is 0 Å². The van der Waals surface area contributed by atoms with Crippen LogP contribution in [0.2, 0.25) is 0 Å². The third kappa shape index (κ3) is 11.0. The van der Waals surface area contributed by atoms with Crippen molar-refractivity contribution < 1.29 is 19.1 Å². The molecule has 2 rings (SSSR count). The highest BCUT2D eigenvalue weighted by Crippen LogP contribution is 2.16. The molecule has 2 aromatic rings. The van der Waals surface area contributed by atoms with Crippen molar-refractivity contribution in [2.45, 2.75) is 64.1 Å². The third-order valence-electron chi connectivity index (χ3n) is 6.11. The smallest absolute Gasteiger partial charge is 0.238 e. The Morgan fingerprint density at radius 2 is 1.50 bits per heavy atom. The number of nitrogens with two attached hydrogens (primary N) is 3. The molecule has 0 aliphatic carbocycles. The zero-order valence-corrected chi connectivity index (χ0v) is 22.6. The van der Waals surface area contributed by atoms with E-state index in [2.05, 4.69) is 5.32 Å². The molecule has 38 heavy (non-hydrogen) atoms. The number of nitrogens with one attached hydrogen (secondary N) is 1. The maximum absolute atomic E-state index is 13.2. The van der Waals surface area contributed by atoms with Gasteiger partial charge in [-0.15, -0.1) is 0 Å². The summed E-state index contributed by atoms with van der Waals surface area (Å²) in [6, 6.07) is 15.7. The number of carbonyl (C=O) groups excluding carboxylic acids is 3. The highest BCUT2D eigenvalue weighted by Gasteiger charge is 2.26. The molecule has 7 N–H and O–H groups in total. The van der Waals surface area contributed by atoms with Gasteiger partial charge in [0.05, 0.1) is 24.6 Å². The Hall–Kier alpha value is -3.27. The normalized spacial score (nSPS) is 12.6. The molecule has 0 saturated carbocycles. The molecule has 0 aromatic heterocycles. The maximum atomic E-state index is 13.2. The summed E-state index contributed by atoms with van der Waals surface area (Å²) in [5, 5.41) is 2.81. The molecule has 0 spiro atoms. The van der Waals surface area contributed by atoms with E-state index < -0.39 is 18.0 Å². The second-order valence-electron chi connectivity index (χ2n) is 9.63. The number of aryl methyl sites for hydroxylation is 2. The number of ketones is 1. The number of Topliss-reactive ketones (excluding diaryl/α,β-unsaturated/α-hetero) is 1. The Labute approximate surface area is 226 Å². The Bertz CT molecular complexity index is 992. The summed E-state index contributed by atoms with van der Waals surface area (Å²) in [7, 11) is 0. The molecule has 0 unspecified atom stereocenters. The highest BCUT2D eigenvalue weighted by molar-refractivity contribution is 5.93. The molecule has 2 atom stereocenters. The van der Waals surface area contributed by atoms with Gasteiger partial charge in [0.1, 0.15) is 5.75 Å². The summed E-state index contributed by atoms with van der Waals surface area (Å²) in [5.41, 5.74) is 19.3. The second-order valence-corrected chi connectivity index (χ2v) is 9.63. The predicted molar refractivity (Wildman–Crippen MR) is 150 cm³/mol. The molecule has 2 aromatic carbocycles. The van der Waals surface area contributed by atoms with E-state index in [4.69, 9.17) is 21.9 Å². The van der Waals surface area contributed by atoms with Crippen LogP contribution in [0.4, 0.5) is 0 Å². The lowest BCUT2D eigenvalue weighted by Gasteiger charge is -2.24. The van der Waals surface area contributed by atoms with Crippen LogP contribution in [-0.2, 0) is 27.2 Å². The fraction of sp³-hybridized carbons (Fsp3) is 0.483. The summed E-state index contributed by atoms with van der Waals surface area (Å²) in [4.78, 5) is 40.2. The van der Waals surface area contributed by atoms with Crippen LogP contribution in [0.5, 0.6) is 5.75 Å². The Balaban J connectivity index is 2.02. The molecule has 0 aliphatic rings. The van der Waals surface area contributed by atoms with Crippen molar-refractivity contribution >= 4 is 17.6 Å². The van der Waals surface area contributed by atoms with Crippen molar-refractivity contribution in [1.82, 2.24) is 10.2 Å². The molecule has 208 valence electrons. The monoisotopic (exact) mass is 525 g/mol. The number of nitrogens with zero attached hydrogens (tertiary/aromatic N) is 1. The molecule has 0 heterocycles. The highest BCUT2D eigenvalue weighted by atomic mass is 16.5. The van der Waals surface area contributed by atoms with Crippen molar-refractivity contribution in [3.8, 4) is 5.75 Å². The molecule has 9 heteroatoms. The van der Waals surface area contributed by atoms with E-state index in [-0.39, 0.29) is 43.7 Å². The van der Waals surface area contributed by atoms with Gasteiger partial charge in [-0.05, 0) is 56.4 Å². The lowest BCUT2D eigenvalue weighted by atomic mass is 9.97. The molecular weight excluding hydrogens is 482 g/mol. The first-order valence-corrected chi connectivity index (χ1v) is 13.3. The van der Waals surface area contributed by atoms with Gasteiger partial charge >= 0.3 is 0 Å². The second kappa shape index (κ2) is 16.5. The van der Waals surface area contributed by atoms with Gasteiger partial charge < -0.3 is 32.2 Å². The van der Waals surface area contributed by atoms with Crippen molar-refractivity contribution in [2.75, 3.05) is 26.2 Å². The van der Waals surface area contributed by atoms with Crippen LogP contribution in [0, 0.1) is 0 Å². The van der Waals surface area contributed by atoms with E-state index in [0.717, 1.165) is 16.9 Å². The first kappa shape index (κ1) is 31.0. The number of amides is 2. The van der Waals surface area contributed by atoms with Gasteiger partial charge in [-0.25, -0.2) is 0 Å². The summed E-state index contributed by atoms with van der Waals surface area (Å²) >= 11 is 0. The topological polar surface area (TPSA) is 154 Å². The Kier molecular flexibility index (Phi) is 13.5. The standard InChI is InChI=1S/C29H43N5O4/c1-21(2)38-24-12-8-23(9-13-24)11-15-27(35)26(14-10-22-6-4-3-5-7-22)33-29(37)25(32)20-28(36)34(18-16-30)19-17-31/h3-9,12-13,21,25-26H,10-11,14-20,30-32H2,1-2H3,(H,33,37)/t25-,26-/m0/s1. The van der Waals surface area contributed by atoms with Crippen molar-refractivity contribution in [2.24, 2.45) is 17.2 Å². The lowest BCUT2D eigenvalue weighted by molar-refractivity contribution is -0.135. The lowest BCUT2D eigenvalue weighted by Crippen LogP contribution is -2.51. The average molecular weight is 526 g/mol. The number of ether oxygens (including phenoxy) is 1. The number of hydrogen-bond donors (Lipinski definition) is 4. The van der Waals surface area contributed by atoms with E-state index in [1.165, 1.54) is 4.90 Å². The minimum atomic E-state index is -1.08. The molecule has 9 nitrogen and oxygen atoms in total. The zero-order chi connectivity index (χ0) is 27.9. The Morgan fingerprint density at radius 3 is 2.08 bits per heavy atom. The van der Waals surface area contributed by atoms with Gasteiger partial charge in [-0.3, -0.25) is 14.4 Å². The van der Waals surface area contributed by atoms with Crippen LogP contribution in [0.1, 0.15) is 44.2 Å². The van der Waals surface area contributed by atoms with Gasteiger partial charge in [-0.1, -0.05) is 42.5 Å². The van der Waals surface area contributed by atoms with E-state index in [0.29, 0.717) is 32.4 Å². The minimum Gasteiger partial charge on any atom is -0.491 e. The van der Waals surface area contributed by atoms with Crippen molar-refractivity contribution in [3.63, 3.8) is 0 Å². The first-order valence-electron chi connectivity index (χ1n) is 13.3. The summed E-state index contributed by atoms with van der Waals surface area (Å²) in [6.07, 6.45) is 1.75. The van der Waals surface area contributed by atoms with Crippen molar-refractivity contribution in [1.29, 1.82) is 0 Å². The van der Waals surface area contributed by atoms with E-state index in [9.17, 15) is 14.4 Å². The van der Waals surface area contributed by atoms with E-state index >= 15 is 0 Å². The quantitative estimate of drug-likeness (QED) is 0.244. The van der Waals surface area contributed by atoms with Crippen LogP contribution >= 0.6 is 0 Å². The zero-order valence-electron chi connectivity index (χ0n) is 22.6. The first-order chi connectivity index (χ1) is 18.2.